The quantitative estimate of drug-likeness (QED) is 0.860. The maximum absolute atomic E-state index is 12.1. The number of piperidine rings is 1. The number of sulfonamides is 1. The smallest absolute Gasteiger partial charge is 0.240 e. The Bertz CT molecular complexity index is 545. The van der Waals surface area contributed by atoms with Crippen LogP contribution in [0.25, 0.3) is 0 Å². The second-order valence-corrected chi connectivity index (χ2v) is 7.60. The lowest BCUT2D eigenvalue weighted by atomic mass is 10.1. The number of benzene rings is 1. The van der Waals surface area contributed by atoms with Crippen LogP contribution in [-0.4, -0.2) is 27.5 Å². The summed E-state index contributed by atoms with van der Waals surface area (Å²) in [5.74, 6) is 0. The van der Waals surface area contributed by atoms with Crippen molar-refractivity contribution in [2.75, 3.05) is 13.1 Å². The van der Waals surface area contributed by atoms with Gasteiger partial charge in [0.2, 0.25) is 10.0 Å². The van der Waals surface area contributed by atoms with Gasteiger partial charge in [0.05, 0.1) is 9.92 Å². The molecule has 1 aromatic carbocycles. The van der Waals surface area contributed by atoms with Crippen molar-refractivity contribution in [3.63, 3.8) is 0 Å². The average Bonchev–Trinajstić information content (AvgIpc) is 2.41. The molecule has 0 aliphatic carbocycles. The molecule has 0 saturated carbocycles. The zero-order chi connectivity index (χ0) is 13.9. The summed E-state index contributed by atoms with van der Waals surface area (Å²) in [5.41, 5.74) is 0. The van der Waals surface area contributed by atoms with Gasteiger partial charge in [-0.3, -0.25) is 0 Å². The second kappa shape index (κ2) is 6.54. The molecule has 1 aromatic rings. The van der Waals surface area contributed by atoms with Crippen LogP contribution in [0.1, 0.15) is 19.3 Å². The van der Waals surface area contributed by atoms with E-state index in [0.29, 0.717) is 16.0 Å². The molecular weight excluding hydrogens is 352 g/mol. The van der Waals surface area contributed by atoms with E-state index in [4.69, 9.17) is 11.6 Å². The summed E-state index contributed by atoms with van der Waals surface area (Å²) >= 11 is 9.09. The van der Waals surface area contributed by atoms with E-state index < -0.39 is 10.0 Å². The highest BCUT2D eigenvalue weighted by atomic mass is 79.9. The molecule has 0 aromatic heterocycles. The first-order valence-electron chi connectivity index (χ1n) is 6.17. The largest absolute Gasteiger partial charge is 0.313 e. The Morgan fingerprint density at radius 2 is 2.21 bits per heavy atom. The van der Waals surface area contributed by atoms with Crippen LogP contribution < -0.4 is 10.0 Å². The van der Waals surface area contributed by atoms with Crippen molar-refractivity contribution in [3.8, 4) is 0 Å². The van der Waals surface area contributed by atoms with Crippen molar-refractivity contribution in [1.29, 1.82) is 0 Å². The lowest BCUT2D eigenvalue weighted by Crippen LogP contribution is -2.43. The van der Waals surface area contributed by atoms with Crippen LogP contribution in [0.2, 0.25) is 5.02 Å². The summed E-state index contributed by atoms with van der Waals surface area (Å²) in [6.45, 7) is 1.38. The molecule has 1 atom stereocenters. The van der Waals surface area contributed by atoms with Crippen LogP contribution in [0.4, 0.5) is 0 Å². The predicted molar refractivity (Wildman–Crippen MR) is 80.0 cm³/mol. The van der Waals surface area contributed by atoms with Crippen LogP contribution in [0, 0.1) is 0 Å². The van der Waals surface area contributed by atoms with E-state index in [2.05, 4.69) is 26.0 Å². The highest BCUT2D eigenvalue weighted by Crippen LogP contribution is 2.25. The van der Waals surface area contributed by atoms with Crippen molar-refractivity contribution >= 4 is 37.6 Å². The Morgan fingerprint density at radius 3 is 2.84 bits per heavy atom. The number of hydrogen-bond donors (Lipinski definition) is 2. The van der Waals surface area contributed by atoms with Crippen molar-refractivity contribution in [2.45, 2.75) is 30.2 Å². The molecule has 2 N–H and O–H groups in total. The summed E-state index contributed by atoms with van der Waals surface area (Å²) in [6.07, 6.45) is 3.31. The Kier molecular flexibility index (Phi) is 5.25. The van der Waals surface area contributed by atoms with Gasteiger partial charge in [-0.25, -0.2) is 13.1 Å². The normalized spacial score (nSPS) is 20.4. The minimum Gasteiger partial charge on any atom is -0.313 e. The van der Waals surface area contributed by atoms with Crippen LogP contribution in [0.3, 0.4) is 0 Å². The average molecular weight is 368 g/mol. The molecule has 7 heteroatoms. The fraction of sp³-hybridized carbons (Fsp3) is 0.500. The molecule has 0 spiro atoms. The Labute approximate surface area is 127 Å². The summed E-state index contributed by atoms with van der Waals surface area (Å²) in [4.78, 5) is 0.222. The van der Waals surface area contributed by atoms with Gasteiger partial charge in [-0.15, -0.1) is 0 Å². The van der Waals surface area contributed by atoms with Gasteiger partial charge in [-0.1, -0.05) is 18.0 Å². The third-order valence-corrected chi connectivity index (χ3v) is 5.77. The van der Waals surface area contributed by atoms with E-state index in [-0.39, 0.29) is 10.9 Å². The maximum Gasteiger partial charge on any atom is 0.240 e. The summed E-state index contributed by atoms with van der Waals surface area (Å²) in [6, 6.07) is 4.81. The summed E-state index contributed by atoms with van der Waals surface area (Å²) < 4.78 is 27.5. The fourth-order valence-corrected chi connectivity index (χ4v) is 3.79. The molecule has 1 aliphatic heterocycles. The molecule has 1 fully saturated rings. The van der Waals surface area contributed by atoms with Gasteiger partial charge >= 0.3 is 0 Å². The standard InChI is InChI=1S/C12H16BrClN2O2S/c13-11-7-10(4-5-12(11)14)19(17,18)16-8-9-3-1-2-6-15-9/h4-5,7,9,15-16H,1-3,6,8H2. The molecule has 19 heavy (non-hydrogen) atoms. The number of nitrogens with one attached hydrogen (secondary N) is 2. The topological polar surface area (TPSA) is 58.2 Å². The minimum absolute atomic E-state index is 0.222. The molecule has 4 nitrogen and oxygen atoms in total. The van der Waals surface area contributed by atoms with Gasteiger partial charge in [-0.2, -0.15) is 0 Å². The molecule has 1 saturated heterocycles. The molecule has 1 unspecified atom stereocenters. The van der Waals surface area contributed by atoms with Gasteiger partial charge in [0.1, 0.15) is 0 Å². The van der Waals surface area contributed by atoms with E-state index in [1.807, 2.05) is 0 Å². The third-order valence-electron chi connectivity index (χ3n) is 3.13. The first-order chi connectivity index (χ1) is 8.99. The van der Waals surface area contributed by atoms with Gasteiger partial charge in [0.25, 0.3) is 0 Å². The van der Waals surface area contributed by atoms with Crippen LogP contribution in [-0.2, 0) is 10.0 Å². The zero-order valence-corrected chi connectivity index (χ0v) is 13.5. The van der Waals surface area contributed by atoms with Crippen molar-refractivity contribution in [3.05, 3.63) is 27.7 Å². The van der Waals surface area contributed by atoms with E-state index in [9.17, 15) is 8.42 Å². The second-order valence-electron chi connectivity index (χ2n) is 4.57. The first kappa shape index (κ1) is 15.3. The van der Waals surface area contributed by atoms with Gasteiger partial charge in [-0.05, 0) is 53.5 Å². The monoisotopic (exact) mass is 366 g/mol. The molecule has 0 bridgehead atoms. The van der Waals surface area contributed by atoms with Crippen molar-refractivity contribution < 1.29 is 8.42 Å². The first-order valence-corrected chi connectivity index (χ1v) is 8.82. The molecule has 106 valence electrons. The Morgan fingerprint density at radius 1 is 1.42 bits per heavy atom. The maximum atomic E-state index is 12.1. The lowest BCUT2D eigenvalue weighted by Gasteiger charge is -2.23. The van der Waals surface area contributed by atoms with E-state index in [1.54, 1.807) is 6.07 Å². The fourth-order valence-electron chi connectivity index (χ4n) is 2.04. The molecule has 0 radical (unpaired) electrons. The van der Waals surface area contributed by atoms with Gasteiger partial charge < -0.3 is 5.32 Å². The number of hydrogen-bond acceptors (Lipinski definition) is 3. The molecular formula is C12H16BrClN2O2S. The van der Waals surface area contributed by atoms with E-state index >= 15 is 0 Å². The predicted octanol–water partition coefficient (Wildman–Crippen LogP) is 2.52. The zero-order valence-electron chi connectivity index (χ0n) is 10.3. The van der Waals surface area contributed by atoms with Crippen LogP contribution >= 0.6 is 27.5 Å². The van der Waals surface area contributed by atoms with Crippen LogP contribution in [0.5, 0.6) is 0 Å². The summed E-state index contributed by atoms with van der Waals surface area (Å²) in [5, 5.41) is 3.80. The Balaban J connectivity index is 2.02. The van der Waals surface area contributed by atoms with Crippen LogP contribution in [0.15, 0.2) is 27.6 Å². The van der Waals surface area contributed by atoms with Gasteiger partial charge in [0.15, 0.2) is 0 Å². The third kappa shape index (κ3) is 4.16. The highest BCUT2D eigenvalue weighted by Gasteiger charge is 2.19. The lowest BCUT2D eigenvalue weighted by molar-refractivity contribution is 0.398. The SMILES string of the molecule is O=S(=O)(NCC1CCCCN1)c1ccc(Cl)c(Br)c1. The van der Waals surface area contributed by atoms with E-state index in [0.717, 1.165) is 25.8 Å². The Hall–Kier alpha value is -0.140. The molecule has 2 rings (SSSR count). The summed E-state index contributed by atoms with van der Waals surface area (Å²) in [7, 11) is -3.48. The van der Waals surface area contributed by atoms with Crippen molar-refractivity contribution in [2.24, 2.45) is 0 Å². The highest BCUT2D eigenvalue weighted by molar-refractivity contribution is 9.10. The molecule has 1 heterocycles. The molecule has 0 amide bonds. The van der Waals surface area contributed by atoms with Crippen molar-refractivity contribution in [1.82, 2.24) is 10.0 Å². The number of rotatable bonds is 4. The minimum atomic E-state index is -3.48. The molecule has 1 aliphatic rings. The van der Waals surface area contributed by atoms with Gasteiger partial charge in [0, 0.05) is 17.1 Å². The van der Waals surface area contributed by atoms with E-state index in [1.165, 1.54) is 12.1 Å². The number of halogens is 2.